The molecule has 0 aliphatic heterocycles. The standard InChI is InChI=1S/C20H23N3O2S/c1-11(15-10-13(24-3)8-9-16(15)25-4)21-19-18-14-6-5-7-17(14)26-20(18)23-12(2)22-19/h8-11H,5-7H2,1-4H3,(H,21,22,23)/t11-/m1/s1. The molecule has 6 heteroatoms. The maximum Gasteiger partial charge on any atom is 0.139 e. The summed E-state index contributed by atoms with van der Waals surface area (Å²) < 4.78 is 10.9. The molecule has 0 fully saturated rings. The van der Waals surface area contributed by atoms with Crippen LogP contribution in [0.5, 0.6) is 11.5 Å². The van der Waals surface area contributed by atoms with Gasteiger partial charge < -0.3 is 14.8 Å². The van der Waals surface area contributed by atoms with Gasteiger partial charge in [-0.1, -0.05) is 0 Å². The molecule has 1 aliphatic carbocycles. The zero-order chi connectivity index (χ0) is 18.3. The topological polar surface area (TPSA) is 56.3 Å². The number of methoxy groups -OCH3 is 2. The van der Waals surface area contributed by atoms with Crippen molar-refractivity contribution in [1.82, 2.24) is 9.97 Å². The van der Waals surface area contributed by atoms with Crippen molar-refractivity contribution in [2.24, 2.45) is 0 Å². The van der Waals surface area contributed by atoms with Gasteiger partial charge in [0.05, 0.1) is 25.6 Å². The van der Waals surface area contributed by atoms with Gasteiger partial charge in [0.2, 0.25) is 0 Å². The number of aromatic nitrogens is 2. The van der Waals surface area contributed by atoms with Crippen LogP contribution in [0.2, 0.25) is 0 Å². The predicted octanol–water partition coefficient (Wildman–Crippen LogP) is 4.68. The summed E-state index contributed by atoms with van der Waals surface area (Å²) in [4.78, 5) is 11.9. The molecule has 1 aliphatic rings. The van der Waals surface area contributed by atoms with Crippen LogP contribution in [0.15, 0.2) is 18.2 Å². The van der Waals surface area contributed by atoms with E-state index in [4.69, 9.17) is 14.5 Å². The number of benzene rings is 1. The Morgan fingerprint density at radius 1 is 1.15 bits per heavy atom. The second kappa shape index (κ2) is 6.76. The molecule has 1 aromatic carbocycles. The zero-order valence-electron chi connectivity index (χ0n) is 15.5. The highest BCUT2D eigenvalue weighted by atomic mass is 32.1. The number of fused-ring (bicyclic) bond motifs is 3. The number of hydrogen-bond acceptors (Lipinski definition) is 6. The fourth-order valence-corrected chi connectivity index (χ4v) is 4.97. The molecule has 4 rings (SSSR count). The normalized spacial score (nSPS) is 14.3. The Balaban J connectivity index is 1.76. The van der Waals surface area contributed by atoms with Gasteiger partial charge in [-0.15, -0.1) is 11.3 Å². The highest BCUT2D eigenvalue weighted by molar-refractivity contribution is 7.19. The molecule has 1 atom stereocenters. The molecule has 0 spiro atoms. The van der Waals surface area contributed by atoms with Gasteiger partial charge in [0.15, 0.2) is 0 Å². The van der Waals surface area contributed by atoms with Crippen LogP contribution in [0.3, 0.4) is 0 Å². The second-order valence-corrected chi connectivity index (χ2v) is 7.71. The summed E-state index contributed by atoms with van der Waals surface area (Å²) >= 11 is 1.82. The number of hydrogen-bond donors (Lipinski definition) is 1. The molecule has 2 aromatic heterocycles. The highest BCUT2D eigenvalue weighted by Crippen LogP contribution is 2.40. The molecule has 26 heavy (non-hydrogen) atoms. The number of anilines is 1. The number of rotatable bonds is 5. The summed E-state index contributed by atoms with van der Waals surface area (Å²) in [6.07, 6.45) is 3.51. The first-order valence-corrected chi connectivity index (χ1v) is 9.69. The minimum atomic E-state index is 0.0227. The van der Waals surface area contributed by atoms with Crippen molar-refractivity contribution >= 4 is 27.4 Å². The molecular weight excluding hydrogens is 346 g/mol. The molecule has 0 amide bonds. The Bertz CT molecular complexity index is 967. The maximum atomic E-state index is 5.55. The molecule has 1 N–H and O–H groups in total. The SMILES string of the molecule is COc1ccc(OC)c([C@@H](C)Nc2nc(C)nc3sc4c(c23)CCC4)c1. The molecule has 0 unspecified atom stereocenters. The summed E-state index contributed by atoms with van der Waals surface area (Å²) in [6, 6.07) is 5.89. The van der Waals surface area contributed by atoms with Gasteiger partial charge >= 0.3 is 0 Å². The smallest absolute Gasteiger partial charge is 0.139 e. The Kier molecular flexibility index (Phi) is 4.44. The third-order valence-corrected chi connectivity index (χ3v) is 6.12. The Labute approximate surface area is 157 Å². The van der Waals surface area contributed by atoms with E-state index in [-0.39, 0.29) is 6.04 Å². The summed E-state index contributed by atoms with van der Waals surface area (Å²) in [5.41, 5.74) is 2.47. The first-order valence-electron chi connectivity index (χ1n) is 8.88. The van der Waals surface area contributed by atoms with Gasteiger partial charge in [-0.2, -0.15) is 0 Å². The van der Waals surface area contributed by atoms with E-state index in [9.17, 15) is 0 Å². The van der Waals surface area contributed by atoms with Crippen molar-refractivity contribution in [1.29, 1.82) is 0 Å². The predicted molar refractivity (Wildman–Crippen MR) is 106 cm³/mol. The van der Waals surface area contributed by atoms with E-state index in [1.54, 1.807) is 14.2 Å². The molecule has 2 heterocycles. The summed E-state index contributed by atoms with van der Waals surface area (Å²) in [5.74, 6) is 3.37. The Hall–Kier alpha value is -2.34. The van der Waals surface area contributed by atoms with E-state index >= 15 is 0 Å². The number of nitrogens with one attached hydrogen (secondary N) is 1. The van der Waals surface area contributed by atoms with Crippen molar-refractivity contribution in [2.75, 3.05) is 19.5 Å². The van der Waals surface area contributed by atoms with Crippen LogP contribution in [0.1, 0.15) is 41.2 Å². The van der Waals surface area contributed by atoms with Crippen LogP contribution >= 0.6 is 11.3 Å². The van der Waals surface area contributed by atoms with Gasteiger partial charge in [-0.3, -0.25) is 0 Å². The zero-order valence-corrected chi connectivity index (χ0v) is 16.4. The van der Waals surface area contributed by atoms with E-state index in [0.29, 0.717) is 0 Å². The van der Waals surface area contributed by atoms with Crippen molar-refractivity contribution in [2.45, 2.75) is 39.2 Å². The quantitative estimate of drug-likeness (QED) is 0.708. The molecule has 5 nitrogen and oxygen atoms in total. The third-order valence-electron chi connectivity index (χ3n) is 4.93. The molecule has 3 aromatic rings. The lowest BCUT2D eigenvalue weighted by atomic mass is 10.1. The van der Waals surface area contributed by atoms with Gasteiger partial charge in [-0.05, 0) is 56.9 Å². The van der Waals surface area contributed by atoms with Crippen molar-refractivity contribution < 1.29 is 9.47 Å². The van der Waals surface area contributed by atoms with E-state index in [1.807, 2.05) is 36.5 Å². The van der Waals surface area contributed by atoms with Crippen LogP contribution < -0.4 is 14.8 Å². The molecular formula is C20H23N3O2S. The minimum Gasteiger partial charge on any atom is -0.497 e. The van der Waals surface area contributed by atoms with Crippen LogP contribution in [0.4, 0.5) is 5.82 Å². The van der Waals surface area contributed by atoms with Gasteiger partial charge in [0.25, 0.3) is 0 Å². The number of nitrogens with zero attached hydrogens (tertiary/aromatic N) is 2. The lowest BCUT2D eigenvalue weighted by Gasteiger charge is -2.19. The fourth-order valence-electron chi connectivity index (χ4n) is 3.67. The lowest BCUT2D eigenvalue weighted by molar-refractivity contribution is 0.397. The monoisotopic (exact) mass is 369 g/mol. The molecule has 0 radical (unpaired) electrons. The molecule has 0 bridgehead atoms. The molecule has 0 saturated carbocycles. The van der Waals surface area contributed by atoms with E-state index in [0.717, 1.165) is 46.4 Å². The number of ether oxygens (including phenoxy) is 2. The third kappa shape index (κ3) is 2.88. The lowest BCUT2D eigenvalue weighted by Crippen LogP contribution is -2.11. The number of aryl methyl sites for hydroxylation is 3. The first-order chi connectivity index (χ1) is 12.6. The number of thiophene rings is 1. The van der Waals surface area contributed by atoms with Gasteiger partial charge in [0, 0.05) is 10.4 Å². The van der Waals surface area contributed by atoms with Crippen molar-refractivity contribution in [3.05, 3.63) is 40.0 Å². The summed E-state index contributed by atoms with van der Waals surface area (Å²) in [7, 11) is 3.37. The average Bonchev–Trinajstić information content (AvgIpc) is 3.21. The van der Waals surface area contributed by atoms with Crippen LogP contribution in [0.25, 0.3) is 10.2 Å². The largest absolute Gasteiger partial charge is 0.497 e. The van der Waals surface area contributed by atoms with Crippen LogP contribution in [-0.2, 0) is 12.8 Å². The van der Waals surface area contributed by atoms with Crippen LogP contribution in [-0.4, -0.2) is 24.2 Å². The second-order valence-electron chi connectivity index (χ2n) is 6.63. The average molecular weight is 369 g/mol. The summed E-state index contributed by atoms with van der Waals surface area (Å²) in [5, 5.41) is 4.80. The summed E-state index contributed by atoms with van der Waals surface area (Å²) in [6.45, 7) is 4.07. The van der Waals surface area contributed by atoms with Crippen molar-refractivity contribution in [3.63, 3.8) is 0 Å². The van der Waals surface area contributed by atoms with Crippen LogP contribution in [0, 0.1) is 6.92 Å². The molecule has 0 saturated heterocycles. The van der Waals surface area contributed by atoms with E-state index < -0.39 is 0 Å². The Morgan fingerprint density at radius 3 is 2.77 bits per heavy atom. The molecule has 136 valence electrons. The Morgan fingerprint density at radius 2 is 2.00 bits per heavy atom. The fraction of sp³-hybridized carbons (Fsp3) is 0.400. The first kappa shape index (κ1) is 17.1. The van der Waals surface area contributed by atoms with E-state index in [1.165, 1.54) is 22.2 Å². The van der Waals surface area contributed by atoms with Crippen molar-refractivity contribution in [3.8, 4) is 11.5 Å². The maximum absolute atomic E-state index is 5.55. The minimum absolute atomic E-state index is 0.0227. The van der Waals surface area contributed by atoms with E-state index in [2.05, 4.69) is 17.2 Å². The van der Waals surface area contributed by atoms with Gasteiger partial charge in [-0.25, -0.2) is 9.97 Å². The highest BCUT2D eigenvalue weighted by Gasteiger charge is 2.23. The van der Waals surface area contributed by atoms with Gasteiger partial charge in [0.1, 0.15) is 28.0 Å².